The average Bonchev–Trinajstić information content (AvgIpc) is 3.09. The summed E-state index contributed by atoms with van der Waals surface area (Å²) in [6.07, 6.45) is 9.90. The summed E-state index contributed by atoms with van der Waals surface area (Å²) >= 11 is 0. The number of pyridine rings is 1. The number of hydrogen-bond donors (Lipinski definition) is 3. The fourth-order valence-corrected chi connectivity index (χ4v) is 6.86. The molecule has 0 saturated heterocycles. The molecular weight excluding hydrogens is 388 g/mol. The Morgan fingerprint density at radius 1 is 1.23 bits per heavy atom. The van der Waals surface area contributed by atoms with Crippen LogP contribution in [0.25, 0.3) is 0 Å². The number of aliphatic hydroxyl groups excluding tert-OH is 2. The van der Waals surface area contributed by atoms with E-state index in [4.69, 9.17) is 0 Å². The van der Waals surface area contributed by atoms with Crippen LogP contribution < -0.4 is 5.32 Å². The van der Waals surface area contributed by atoms with Crippen LogP contribution in [-0.4, -0.2) is 40.4 Å². The van der Waals surface area contributed by atoms with E-state index in [0.717, 1.165) is 32.1 Å². The number of allylic oxidation sites excluding steroid dienone is 1. The largest absolute Gasteiger partial charge is 0.396 e. The van der Waals surface area contributed by atoms with Gasteiger partial charge in [-0.2, -0.15) is 0 Å². The van der Waals surface area contributed by atoms with Gasteiger partial charge in [-0.15, -0.1) is 0 Å². The molecule has 0 aromatic carbocycles. The summed E-state index contributed by atoms with van der Waals surface area (Å²) in [6.45, 7) is 7.79. The monoisotopic (exact) mass is 426 g/mol. The highest BCUT2D eigenvalue weighted by Gasteiger charge is 2.51. The maximum Gasteiger partial charge on any atom is 0.252 e. The first-order valence-electron chi connectivity index (χ1n) is 12.0. The summed E-state index contributed by atoms with van der Waals surface area (Å²) in [5.74, 6) is 0.730. The van der Waals surface area contributed by atoms with Crippen molar-refractivity contribution in [2.75, 3.05) is 13.2 Å². The first-order valence-corrected chi connectivity index (χ1v) is 12.0. The van der Waals surface area contributed by atoms with Gasteiger partial charge < -0.3 is 15.5 Å². The Morgan fingerprint density at radius 2 is 2.03 bits per heavy atom. The van der Waals surface area contributed by atoms with E-state index in [1.165, 1.54) is 6.42 Å². The number of hydrogen-bond acceptors (Lipinski definition) is 4. The van der Waals surface area contributed by atoms with Crippen LogP contribution in [0.1, 0.15) is 76.1 Å². The second-order valence-electron chi connectivity index (χ2n) is 10.9. The lowest BCUT2D eigenvalue weighted by Gasteiger charge is -2.52. The van der Waals surface area contributed by atoms with E-state index in [9.17, 15) is 15.0 Å². The average molecular weight is 427 g/mol. The number of carbonyl (C=O) groups is 1. The normalized spacial score (nSPS) is 35.0. The molecule has 1 heterocycles. The van der Waals surface area contributed by atoms with E-state index >= 15 is 0 Å². The molecule has 1 saturated carbocycles. The molecule has 1 aromatic rings. The Kier molecular flexibility index (Phi) is 6.28. The van der Waals surface area contributed by atoms with E-state index in [2.05, 4.69) is 31.1 Å². The van der Waals surface area contributed by atoms with E-state index in [1.54, 1.807) is 35.7 Å². The highest BCUT2D eigenvalue weighted by atomic mass is 16.3. The van der Waals surface area contributed by atoms with Crippen LogP contribution in [0, 0.1) is 28.6 Å². The van der Waals surface area contributed by atoms with Crippen molar-refractivity contribution >= 4 is 5.91 Å². The van der Waals surface area contributed by atoms with Gasteiger partial charge in [0.15, 0.2) is 0 Å². The van der Waals surface area contributed by atoms with Gasteiger partial charge in [-0.05, 0) is 79.7 Å². The van der Waals surface area contributed by atoms with Crippen LogP contribution in [0.3, 0.4) is 0 Å². The standard InChI is InChI=1S/C26H38N2O3/c1-25(2)10-9-20-21(15-28-24(31)17-5-4-12-27-14-17)23(7-6-22(20)25)26(3)11-8-19(30)13-18(26)16-29/h4-5,12,14,18-19,21,23,29-30H,6-11,13,15-16H2,1-3H3,(H,28,31)/t18-,19+,21+,23+,26+/m1/s1. The second kappa shape index (κ2) is 8.67. The van der Waals surface area contributed by atoms with Gasteiger partial charge in [0.1, 0.15) is 0 Å². The highest BCUT2D eigenvalue weighted by molar-refractivity contribution is 5.93. The summed E-state index contributed by atoms with van der Waals surface area (Å²) in [5, 5.41) is 23.7. The molecule has 5 nitrogen and oxygen atoms in total. The van der Waals surface area contributed by atoms with Crippen LogP contribution in [0.2, 0.25) is 0 Å². The molecule has 1 aromatic heterocycles. The summed E-state index contributed by atoms with van der Waals surface area (Å²) in [7, 11) is 0. The van der Waals surface area contributed by atoms with Crippen molar-refractivity contribution in [1.82, 2.24) is 10.3 Å². The molecule has 3 aliphatic rings. The molecule has 0 radical (unpaired) electrons. The van der Waals surface area contributed by atoms with E-state index < -0.39 is 0 Å². The predicted octanol–water partition coefficient (Wildman–Crippen LogP) is 4.11. The Balaban J connectivity index is 1.62. The van der Waals surface area contributed by atoms with Crippen molar-refractivity contribution in [3.05, 3.63) is 41.2 Å². The Labute approximate surface area is 186 Å². The highest BCUT2D eigenvalue weighted by Crippen LogP contribution is 2.59. The summed E-state index contributed by atoms with van der Waals surface area (Å²) in [4.78, 5) is 16.9. The zero-order chi connectivity index (χ0) is 22.2. The van der Waals surface area contributed by atoms with Crippen molar-refractivity contribution in [3.63, 3.8) is 0 Å². The number of rotatable bonds is 5. The predicted molar refractivity (Wildman–Crippen MR) is 121 cm³/mol. The zero-order valence-corrected chi connectivity index (χ0v) is 19.2. The molecule has 0 unspecified atom stereocenters. The minimum atomic E-state index is -0.308. The summed E-state index contributed by atoms with van der Waals surface area (Å²) < 4.78 is 0. The molecule has 31 heavy (non-hydrogen) atoms. The summed E-state index contributed by atoms with van der Waals surface area (Å²) in [5.41, 5.74) is 3.96. The molecule has 3 aliphatic carbocycles. The first kappa shape index (κ1) is 22.5. The zero-order valence-electron chi connectivity index (χ0n) is 19.2. The minimum Gasteiger partial charge on any atom is -0.396 e. The Bertz CT molecular complexity index is 834. The third-order valence-corrected chi connectivity index (χ3v) is 8.84. The molecule has 1 amide bonds. The number of nitrogens with one attached hydrogen (secondary N) is 1. The van der Waals surface area contributed by atoms with Crippen LogP contribution in [-0.2, 0) is 0 Å². The maximum atomic E-state index is 12.8. The molecule has 0 aliphatic heterocycles. The van der Waals surface area contributed by atoms with E-state index in [-0.39, 0.29) is 35.4 Å². The van der Waals surface area contributed by atoms with Gasteiger partial charge in [0.05, 0.1) is 11.7 Å². The molecule has 4 rings (SSSR count). The number of carbonyl (C=O) groups excluding carboxylic acids is 1. The third kappa shape index (κ3) is 4.19. The minimum absolute atomic E-state index is 0.0249. The van der Waals surface area contributed by atoms with Crippen molar-refractivity contribution in [2.45, 2.75) is 71.8 Å². The molecular formula is C26H38N2O3. The van der Waals surface area contributed by atoms with E-state index in [0.29, 0.717) is 30.4 Å². The smallest absolute Gasteiger partial charge is 0.252 e. The van der Waals surface area contributed by atoms with Crippen LogP contribution in [0.5, 0.6) is 0 Å². The SMILES string of the molecule is CC1(C)CCC2=C1CC[C@H]([C@@]1(C)CC[C@H](O)C[C@@H]1CO)[C@H]2CNC(=O)c1cccnc1. The van der Waals surface area contributed by atoms with Crippen molar-refractivity contribution < 1.29 is 15.0 Å². The topological polar surface area (TPSA) is 82.5 Å². The van der Waals surface area contributed by atoms with Gasteiger partial charge in [0, 0.05) is 31.5 Å². The van der Waals surface area contributed by atoms with Crippen molar-refractivity contribution in [3.8, 4) is 0 Å². The van der Waals surface area contributed by atoms with Crippen LogP contribution in [0.15, 0.2) is 35.7 Å². The number of amides is 1. The molecule has 170 valence electrons. The fraction of sp³-hybridized carbons (Fsp3) is 0.692. The third-order valence-electron chi connectivity index (χ3n) is 8.84. The van der Waals surface area contributed by atoms with Gasteiger partial charge in [0.25, 0.3) is 5.91 Å². The second-order valence-corrected chi connectivity index (χ2v) is 10.9. The quantitative estimate of drug-likeness (QED) is 0.619. The first-order chi connectivity index (χ1) is 14.8. The molecule has 5 heteroatoms. The van der Waals surface area contributed by atoms with Crippen LogP contribution in [0.4, 0.5) is 0 Å². The Hall–Kier alpha value is -1.72. The molecule has 5 atom stereocenters. The maximum absolute atomic E-state index is 12.8. The number of nitrogens with zero attached hydrogens (tertiary/aromatic N) is 1. The summed E-state index contributed by atoms with van der Waals surface area (Å²) in [6, 6.07) is 3.59. The van der Waals surface area contributed by atoms with Gasteiger partial charge in [-0.25, -0.2) is 0 Å². The lowest BCUT2D eigenvalue weighted by atomic mass is 9.53. The van der Waals surface area contributed by atoms with E-state index in [1.807, 2.05) is 0 Å². The van der Waals surface area contributed by atoms with Gasteiger partial charge in [-0.1, -0.05) is 31.9 Å². The molecule has 3 N–H and O–H groups in total. The van der Waals surface area contributed by atoms with Crippen molar-refractivity contribution in [1.29, 1.82) is 0 Å². The van der Waals surface area contributed by atoms with Gasteiger partial charge in [0.2, 0.25) is 0 Å². The molecule has 0 spiro atoms. The fourth-order valence-electron chi connectivity index (χ4n) is 6.86. The Morgan fingerprint density at radius 3 is 2.74 bits per heavy atom. The lowest BCUT2D eigenvalue weighted by Crippen LogP contribution is -2.49. The van der Waals surface area contributed by atoms with Crippen LogP contribution >= 0.6 is 0 Å². The molecule has 1 fully saturated rings. The van der Waals surface area contributed by atoms with Crippen molar-refractivity contribution in [2.24, 2.45) is 28.6 Å². The number of aliphatic hydroxyl groups is 2. The molecule has 0 bridgehead atoms. The van der Waals surface area contributed by atoms with Gasteiger partial charge >= 0.3 is 0 Å². The lowest BCUT2D eigenvalue weighted by molar-refractivity contribution is -0.0581. The van der Waals surface area contributed by atoms with Gasteiger partial charge in [-0.3, -0.25) is 9.78 Å². The number of aromatic nitrogens is 1.